The van der Waals surface area contributed by atoms with Crippen molar-refractivity contribution in [2.75, 3.05) is 45.9 Å². The maximum absolute atomic E-state index is 12.9. The standard InChI is InChI=1S/C23H37N3O4S/c1-3-19(4-2)22(25-14-16-30-17-15-25)18-24-23(27)20-10-12-26(13-11-20)31(28,29)21-8-6-5-7-9-21/h5-9,19-20,22H,3-4,10-18H2,1-2H3,(H,24,27). The number of morpholine rings is 1. The molecule has 174 valence electrons. The van der Waals surface area contributed by atoms with E-state index in [1.54, 1.807) is 30.3 Å². The summed E-state index contributed by atoms with van der Waals surface area (Å²) in [6.45, 7) is 9.16. The van der Waals surface area contributed by atoms with Gasteiger partial charge in [0.1, 0.15) is 0 Å². The van der Waals surface area contributed by atoms with Gasteiger partial charge in [0.15, 0.2) is 0 Å². The van der Waals surface area contributed by atoms with Crippen molar-refractivity contribution in [2.24, 2.45) is 11.8 Å². The van der Waals surface area contributed by atoms with Crippen molar-refractivity contribution in [3.63, 3.8) is 0 Å². The Morgan fingerprint density at radius 1 is 1.06 bits per heavy atom. The molecule has 1 atom stereocenters. The predicted octanol–water partition coefficient (Wildman–Crippen LogP) is 2.34. The molecule has 0 radical (unpaired) electrons. The number of hydrogen-bond acceptors (Lipinski definition) is 5. The minimum Gasteiger partial charge on any atom is -0.379 e. The van der Waals surface area contributed by atoms with E-state index < -0.39 is 10.0 Å². The Morgan fingerprint density at radius 2 is 1.68 bits per heavy atom. The first kappa shape index (κ1) is 24.2. The van der Waals surface area contributed by atoms with E-state index in [-0.39, 0.29) is 11.8 Å². The van der Waals surface area contributed by atoms with Gasteiger partial charge < -0.3 is 10.1 Å². The molecule has 2 aliphatic rings. The van der Waals surface area contributed by atoms with E-state index in [1.165, 1.54) is 4.31 Å². The molecule has 0 saturated carbocycles. The second kappa shape index (κ2) is 11.4. The number of nitrogens with one attached hydrogen (secondary N) is 1. The first-order valence-electron chi connectivity index (χ1n) is 11.6. The third kappa shape index (κ3) is 6.06. The molecule has 2 fully saturated rings. The number of rotatable bonds is 9. The van der Waals surface area contributed by atoms with Gasteiger partial charge in [-0.25, -0.2) is 8.42 Å². The van der Waals surface area contributed by atoms with Crippen LogP contribution in [0, 0.1) is 11.8 Å². The minimum absolute atomic E-state index is 0.0565. The molecular formula is C23H37N3O4S. The van der Waals surface area contributed by atoms with E-state index in [0.717, 1.165) is 39.1 Å². The Morgan fingerprint density at radius 3 is 2.26 bits per heavy atom. The highest BCUT2D eigenvalue weighted by Crippen LogP contribution is 2.24. The summed E-state index contributed by atoms with van der Waals surface area (Å²) in [6.07, 6.45) is 3.30. The predicted molar refractivity (Wildman–Crippen MR) is 121 cm³/mol. The summed E-state index contributed by atoms with van der Waals surface area (Å²) in [6, 6.07) is 8.84. The molecule has 1 aromatic carbocycles. The van der Waals surface area contributed by atoms with Crippen molar-refractivity contribution in [3.8, 4) is 0 Å². The summed E-state index contributed by atoms with van der Waals surface area (Å²) in [7, 11) is -3.49. The van der Waals surface area contributed by atoms with Crippen molar-refractivity contribution in [1.29, 1.82) is 0 Å². The molecule has 2 heterocycles. The van der Waals surface area contributed by atoms with Crippen molar-refractivity contribution in [1.82, 2.24) is 14.5 Å². The number of sulfonamides is 1. The van der Waals surface area contributed by atoms with Gasteiger partial charge in [0.2, 0.25) is 15.9 Å². The Bertz CT molecular complexity index is 784. The van der Waals surface area contributed by atoms with Crippen LogP contribution in [0.1, 0.15) is 39.5 Å². The number of benzene rings is 1. The lowest BCUT2D eigenvalue weighted by atomic mass is 9.91. The molecule has 0 bridgehead atoms. The van der Waals surface area contributed by atoms with Gasteiger partial charge >= 0.3 is 0 Å². The first-order chi connectivity index (χ1) is 15.0. The molecule has 7 nitrogen and oxygen atoms in total. The fraction of sp³-hybridized carbons (Fsp3) is 0.696. The van der Waals surface area contributed by atoms with Crippen LogP contribution < -0.4 is 5.32 Å². The molecule has 8 heteroatoms. The number of ether oxygens (including phenoxy) is 1. The zero-order chi connectivity index (χ0) is 22.3. The lowest BCUT2D eigenvalue weighted by molar-refractivity contribution is -0.126. The van der Waals surface area contributed by atoms with Crippen LogP contribution in [0.2, 0.25) is 0 Å². The zero-order valence-electron chi connectivity index (χ0n) is 18.8. The van der Waals surface area contributed by atoms with Crippen LogP contribution in [0.4, 0.5) is 0 Å². The van der Waals surface area contributed by atoms with E-state index in [0.29, 0.717) is 49.3 Å². The minimum atomic E-state index is -3.49. The van der Waals surface area contributed by atoms with Gasteiger partial charge in [-0.1, -0.05) is 44.9 Å². The topological polar surface area (TPSA) is 79.0 Å². The van der Waals surface area contributed by atoms with Crippen LogP contribution in [0.15, 0.2) is 35.2 Å². The molecular weight excluding hydrogens is 414 g/mol. The van der Waals surface area contributed by atoms with Gasteiger partial charge in [-0.2, -0.15) is 4.31 Å². The van der Waals surface area contributed by atoms with E-state index >= 15 is 0 Å². The maximum Gasteiger partial charge on any atom is 0.243 e. The van der Waals surface area contributed by atoms with Gasteiger partial charge in [0, 0.05) is 44.7 Å². The molecule has 3 rings (SSSR count). The highest BCUT2D eigenvalue weighted by molar-refractivity contribution is 7.89. The molecule has 1 unspecified atom stereocenters. The van der Waals surface area contributed by atoms with Crippen molar-refractivity contribution >= 4 is 15.9 Å². The van der Waals surface area contributed by atoms with Crippen LogP contribution in [0.3, 0.4) is 0 Å². The van der Waals surface area contributed by atoms with Crippen LogP contribution in [0.25, 0.3) is 0 Å². The second-order valence-electron chi connectivity index (χ2n) is 8.53. The summed E-state index contributed by atoms with van der Waals surface area (Å²) >= 11 is 0. The molecule has 31 heavy (non-hydrogen) atoms. The number of carbonyl (C=O) groups is 1. The fourth-order valence-corrected chi connectivity index (χ4v) is 6.28. The monoisotopic (exact) mass is 451 g/mol. The third-order valence-electron chi connectivity index (χ3n) is 6.80. The Balaban J connectivity index is 1.54. The number of hydrogen-bond donors (Lipinski definition) is 1. The summed E-state index contributed by atoms with van der Waals surface area (Å²) in [5, 5.41) is 3.19. The van der Waals surface area contributed by atoms with Crippen molar-refractivity contribution < 1.29 is 17.9 Å². The zero-order valence-corrected chi connectivity index (χ0v) is 19.6. The number of nitrogens with zero attached hydrogens (tertiary/aromatic N) is 2. The Labute approximate surface area is 187 Å². The molecule has 0 spiro atoms. The van der Waals surface area contributed by atoms with Gasteiger partial charge in [-0.3, -0.25) is 9.69 Å². The fourth-order valence-electron chi connectivity index (χ4n) is 4.79. The van der Waals surface area contributed by atoms with E-state index in [2.05, 4.69) is 24.1 Å². The number of piperidine rings is 1. The molecule has 1 aromatic rings. The average Bonchev–Trinajstić information content (AvgIpc) is 2.82. The largest absolute Gasteiger partial charge is 0.379 e. The smallest absolute Gasteiger partial charge is 0.243 e. The Kier molecular flexibility index (Phi) is 8.89. The van der Waals surface area contributed by atoms with Gasteiger partial charge in [0.25, 0.3) is 0 Å². The molecule has 1 N–H and O–H groups in total. The van der Waals surface area contributed by atoms with Gasteiger partial charge in [-0.05, 0) is 30.9 Å². The van der Waals surface area contributed by atoms with E-state index in [1.807, 2.05) is 0 Å². The van der Waals surface area contributed by atoms with Crippen LogP contribution >= 0.6 is 0 Å². The SMILES string of the molecule is CCC(CC)C(CNC(=O)C1CCN(S(=O)(=O)c2ccccc2)CC1)N1CCOCC1. The number of amides is 1. The van der Waals surface area contributed by atoms with Crippen LogP contribution in [-0.2, 0) is 19.6 Å². The second-order valence-corrected chi connectivity index (χ2v) is 10.5. The summed E-state index contributed by atoms with van der Waals surface area (Å²) in [5.41, 5.74) is 0. The molecule has 0 aromatic heterocycles. The van der Waals surface area contributed by atoms with E-state index in [9.17, 15) is 13.2 Å². The lowest BCUT2D eigenvalue weighted by Crippen LogP contribution is -2.53. The summed E-state index contributed by atoms with van der Waals surface area (Å²) in [5.74, 6) is 0.464. The van der Waals surface area contributed by atoms with Crippen molar-refractivity contribution in [2.45, 2.75) is 50.5 Å². The molecule has 2 aliphatic heterocycles. The quantitative estimate of drug-likeness (QED) is 0.624. The molecule has 2 saturated heterocycles. The molecule has 1 amide bonds. The van der Waals surface area contributed by atoms with Crippen LogP contribution in [0.5, 0.6) is 0 Å². The third-order valence-corrected chi connectivity index (χ3v) is 8.71. The maximum atomic E-state index is 12.9. The van der Waals surface area contributed by atoms with Crippen molar-refractivity contribution in [3.05, 3.63) is 30.3 Å². The summed E-state index contributed by atoms with van der Waals surface area (Å²) < 4.78 is 32.6. The normalized spacial score (nSPS) is 20.6. The van der Waals surface area contributed by atoms with Gasteiger partial charge in [0.05, 0.1) is 18.1 Å². The molecule has 0 aliphatic carbocycles. The Hall–Kier alpha value is -1.48. The first-order valence-corrected chi connectivity index (χ1v) is 13.1. The average molecular weight is 452 g/mol. The highest BCUT2D eigenvalue weighted by Gasteiger charge is 2.33. The van der Waals surface area contributed by atoms with E-state index in [4.69, 9.17) is 4.74 Å². The van der Waals surface area contributed by atoms with Gasteiger partial charge in [-0.15, -0.1) is 0 Å². The summed E-state index contributed by atoms with van der Waals surface area (Å²) in [4.78, 5) is 15.7. The number of carbonyl (C=O) groups excluding carboxylic acids is 1. The lowest BCUT2D eigenvalue weighted by Gasteiger charge is -2.39. The highest BCUT2D eigenvalue weighted by atomic mass is 32.2. The van der Waals surface area contributed by atoms with Crippen LogP contribution in [-0.4, -0.2) is 75.5 Å².